The van der Waals surface area contributed by atoms with Gasteiger partial charge in [0.05, 0.1) is 6.61 Å². The first-order valence-corrected chi connectivity index (χ1v) is 6.76. The fourth-order valence-corrected chi connectivity index (χ4v) is 1.67. The Balaban J connectivity index is 2.80. The molecule has 0 amide bonds. The first-order chi connectivity index (χ1) is 8.29. The Labute approximate surface area is 112 Å². The van der Waals surface area contributed by atoms with Crippen LogP contribution in [-0.4, -0.2) is 12.1 Å². The van der Waals surface area contributed by atoms with E-state index in [0.717, 1.165) is 18.9 Å². The molecular weight excluding hydrogens is 222 g/mol. The molecule has 102 valence electrons. The number of aryl methyl sites for hydroxylation is 1. The molecule has 0 atom stereocenters. The van der Waals surface area contributed by atoms with Crippen molar-refractivity contribution in [2.24, 2.45) is 5.92 Å². The highest BCUT2D eigenvalue weighted by atomic mass is 16.5. The summed E-state index contributed by atoms with van der Waals surface area (Å²) in [5.41, 5.74) is 2.58. The molecule has 0 heterocycles. The van der Waals surface area contributed by atoms with Gasteiger partial charge in [0.2, 0.25) is 0 Å². The summed E-state index contributed by atoms with van der Waals surface area (Å²) < 4.78 is 5.95. The lowest BCUT2D eigenvalue weighted by atomic mass is 10.1. The van der Waals surface area contributed by atoms with Crippen LogP contribution in [0.3, 0.4) is 0 Å². The van der Waals surface area contributed by atoms with Crippen LogP contribution in [0.15, 0.2) is 18.2 Å². The molecule has 0 bridgehead atoms. The van der Waals surface area contributed by atoms with E-state index in [1.807, 2.05) is 0 Å². The molecule has 0 radical (unpaired) electrons. The predicted molar refractivity (Wildman–Crippen MR) is 78.1 cm³/mol. The lowest BCUT2D eigenvalue weighted by molar-refractivity contribution is 0.265. The average molecular weight is 249 g/mol. The molecule has 0 saturated heterocycles. The minimum atomic E-state index is 0.124. The van der Waals surface area contributed by atoms with Crippen molar-refractivity contribution >= 4 is 0 Å². The summed E-state index contributed by atoms with van der Waals surface area (Å²) in [6, 6.07) is 6.34. The maximum atomic E-state index is 5.95. The van der Waals surface area contributed by atoms with Crippen molar-refractivity contribution in [3.05, 3.63) is 29.3 Å². The lowest BCUT2D eigenvalue weighted by Crippen LogP contribution is -2.35. The first kappa shape index (κ1) is 15.0. The van der Waals surface area contributed by atoms with Crippen LogP contribution in [0.1, 0.15) is 45.7 Å². The fourth-order valence-electron chi connectivity index (χ4n) is 1.67. The lowest BCUT2D eigenvalue weighted by Gasteiger charge is -2.22. The second kappa shape index (κ2) is 6.24. The SMILES string of the molecule is Cc1cccc(CNC(C)(C)C)c1OCC(C)C. The predicted octanol–water partition coefficient (Wildman–Crippen LogP) is 3.92. The molecular formula is C16H27NO. The molecule has 1 aromatic rings. The zero-order chi connectivity index (χ0) is 13.8. The van der Waals surface area contributed by atoms with E-state index in [0.29, 0.717) is 5.92 Å². The van der Waals surface area contributed by atoms with Gasteiger partial charge in [-0.25, -0.2) is 0 Å². The summed E-state index contributed by atoms with van der Waals surface area (Å²) in [5, 5.41) is 3.51. The maximum Gasteiger partial charge on any atom is 0.126 e. The number of rotatable bonds is 5. The highest BCUT2D eigenvalue weighted by molar-refractivity contribution is 5.40. The molecule has 0 aliphatic heterocycles. The van der Waals surface area contributed by atoms with Gasteiger partial charge < -0.3 is 10.1 Å². The van der Waals surface area contributed by atoms with Crippen molar-refractivity contribution in [1.82, 2.24) is 5.32 Å². The number of para-hydroxylation sites is 1. The standard InChI is InChI=1S/C16H27NO/c1-12(2)11-18-15-13(3)8-7-9-14(15)10-17-16(4,5)6/h7-9,12,17H,10-11H2,1-6H3. The van der Waals surface area contributed by atoms with Crippen LogP contribution >= 0.6 is 0 Å². The fraction of sp³-hybridized carbons (Fsp3) is 0.625. The van der Waals surface area contributed by atoms with Crippen LogP contribution in [0.5, 0.6) is 5.75 Å². The maximum absolute atomic E-state index is 5.95. The van der Waals surface area contributed by atoms with Crippen molar-refractivity contribution < 1.29 is 4.74 Å². The van der Waals surface area contributed by atoms with Gasteiger partial charge in [-0.2, -0.15) is 0 Å². The Morgan fingerprint density at radius 2 is 1.89 bits per heavy atom. The van der Waals surface area contributed by atoms with E-state index in [1.165, 1.54) is 11.1 Å². The van der Waals surface area contributed by atoms with Crippen molar-refractivity contribution in [1.29, 1.82) is 0 Å². The number of ether oxygens (including phenoxy) is 1. The van der Waals surface area contributed by atoms with E-state index < -0.39 is 0 Å². The van der Waals surface area contributed by atoms with Gasteiger partial charge in [0.25, 0.3) is 0 Å². The Hall–Kier alpha value is -1.02. The molecule has 0 aromatic heterocycles. The second-order valence-corrected chi connectivity index (χ2v) is 6.37. The molecule has 1 aromatic carbocycles. The van der Waals surface area contributed by atoms with Gasteiger partial charge in [-0.05, 0) is 39.2 Å². The smallest absolute Gasteiger partial charge is 0.126 e. The van der Waals surface area contributed by atoms with Gasteiger partial charge in [0.1, 0.15) is 5.75 Å². The molecule has 0 aliphatic carbocycles. The van der Waals surface area contributed by atoms with E-state index in [2.05, 4.69) is 65.1 Å². The summed E-state index contributed by atoms with van der Waals surface area (Å²) in [6.45, 7) is 14.6. The second-order valence-electron chi connectivity index (χ2n) is 6.37. The zero-order valence-electron chi connectivity index (χ0n) is 12.6. The number of nitrogens with one attached hydrogen (secondary N) is 1. The Morgan fingerprint density at radius 3 is 2.44 bits per heavy atom. The van der Waals surface area contributed by atoms with Crippen LogP contribution in [0.4, 0.5) is 0 Å². The summed E-state index contributed by atoms with van der Waals surface area (Å²) in [6.07, 6.45) is 0. The van der Waals surface area contributed by atoms with Gasteiger partial charge in [0, 0.05) is 17.6 Å². The normalized spacial score (nSPS) is 11.9. The van der Waals surface area contributed by atoms with Crippen LogP contribution in [-0.2, 0) is 6.54 Å². The van der Waals surface area contributed by atoms with Gasteiger partial charge in [0.15, 0.2) is 0 Å². The highest BCUT2D eigenvalue weighted by Crippen LogP contribution is 2.24. The van der Waals surface area contributed by atoms with Gasteiger partial charge in [-0.3, -0.25) is 0 Å². The molecule has 2 nitrogen and oxygen atoms in total. The van der Waals surface area contributed by atoms with Crippen molar-refractivity contribution in [3.8, 4) is 5.75 Å². The Bertz CT molecular complexity index is 377. The summed E-state index contributed by atoms with van der Waals surface area (Å²) in [5.74, 6) is 1.59. The minimum absolute atomic E-state index is 0.124. The van der Waals surface area contributed by atoms with Gasteiger partial charge in [-0.1, -0.05) is 32.0 Å². The Kier molecular flexibility index (Phi) is 5.21. The third-order valence-corrected chi connectivity index (χ3v) is 2.66. The molecule has 18 heavy (non-hydrogen) atoms. The van der Waals surface area contributed by atoms with E-state index in [9.17, 15) is 0 Å². The van der Waals surface area contributed by atoms with E-state index >= 15 is 0 Å². The van der Waals surface area contributed by atoms with Crippen molar-refractivity contribution in [3.63, 3.8) is 0 Å². The molecule has 0 saturated carbocycles. The molecule has 1 rings (SSSR count). The molecule has 2 heteroatoms. The van der Waals surface area contributed by atoms with Crippen molar-refractivity contribution in [2.45, 2.75) is 53.6 Å². The average Bonchev–Trinajstić information content (AvgIpc) is 2.23. The third-order valence-electron chi connectivity index (χ3n) is 2.66. The zero-order valence-corrected chi connectivity index (χ0v) is 12.6. The van der Waals surface area contributed by atoms with Crippen LogP contribution in [0.2, 0.25) is 0 Å². The molecule has 0 aliphatic rings. The summed E-state index contributed by atoms with van der Waals surface area (Å²) >= 11 is 0. The van der Waals surface area contributed by atoms with E-state index in [4.69, 9.17) is 4.74 Å². The first-order valence-electron chi connectivity index (χ1n) is 6.76. The minimum Gasteiger partial charge on any atom is -0.493 e. The van der Waals surface area contributed by atoms with E-state index in [-0.39, 0.29) is 5.54 Å². The molecule has 0 unspecified atom stereocenters. The molecule has 0 spiro atoms. The van der Waals surface area contributed by atoms with Crippen molar-refractivity contribution in [2.75, 3.05) is 6.61 Å². The number of benzene rings is 1. The molecule has 0 fully saturated rings. The summed E-state index contributed by atoms with van der Waals surface area (Å²) in [4.78, 5) is 0. The number of hydrogen-bond acceptors (Lipinski definition) is 2. The van der Waals surface area contributed by atoms with E-state index in [1.54, 1.807) is 0 Å². The van der Waals surface area contributed by atoms with Crippen LogP contribution in [0, 0.1) is 12.8 Å². The third kappa shape index (κ3) is 5.09. The Morgan fingerprint density at radius 1 is 1.22 bits per heavy atom. The summed E-state index contributed by atoms with van der Waals surface area (Å²) in [7, 11) is 0. The van der Waals surface area contributed by atoms with Gasteiger partial charge >= 0.3 is 0 Å². The monoisotopic (exact) mass is 249 g/mol. The van der Waals surface area contributed by atoms with Gasteiger partial charge in [-0.15, -0.1) is 0 Å². The molecule has 1 N–H and O–H groups in total. The quantitative estimate of drug-likeness (QED) is 0.854. The highest BCUT2D eigenvalue weighted by Gasteiger charge is 2.12. The largest absolute Gasteiger partial charge is 0.493 e. The topological polar surface area (TPSA) is 21.3 Å². The van der Waals surface area contributed by atoms with Crippen LogP contribution in [0.25, 0.3) is 0 Å². The number of hydrogen-bond donors (Lipinski definition) is 1. The van der Waals surface area contributed by atoms with Crippen LogP contribution < -0.4 is 10.1 Å².